The Morgan fingerprint density at radius 1 is 1.12 bits per heavy atom. The first-order valence-corrected chi connectivity index (χ1v) is 9.95. The summed E-state index contributed by atoms with van der Waals surface area (Å²) in [5, 5.41) is 3.43. The summed E-state index contributed by atoms with van der Waals surface area (Å²) in [6.45, 7) is 11.5. The summed E-state index contributed by atoms with van der Waals surface area (Å²) in [6, 6.07) is 0. The van der Waals surface area contributed by atoms with Crippen LogP contribution in [0.2, 0.25) is 0 Å². The Hall–Kier alpha value is -1.26. The van der Waals surface area contributed by atoms with Crippen molar-refractivity contribution in [1.82, 2.24) is 15.1 Å². The van der Waals surface area contributed by atoms with Crippen LogP contribution in [0.4, 0.5) is 0 Å². The summed E-state index contributed by atoms with van der Waals surface area (Å²) >= 11 is 0. The smallest absolute Gasteiger partial charge is 0.224 e. The topological polar surface area (TPSA) is 47.9 Å². The van der Waals surface area contributed by atoms with Crippen molar-refractivity contribution in [2.24, 2.45) is 10.4 Å². The van der Waals surface area contributed by atoms with E-state index in [1.165, 1.54) is 38.5 Å². The molecule has 0 bridgehead atoms. The Morgan fingerprint density at radius 3 is 2.46 bits per heavy atom. The van der Waals surface area contributed by atoms with Crippen LogP contribution in [-0.2, 0) is 4.79 Å². The summed E-state index contributed by atoms with van der Waals surface area (Å²) in [6.07, 6.45) is 8.75. The van der Waals surface area contributed by atoms with E-state index in [-0.39, 0.29) is 5.91 Å². The van der Waals surface area contributed by atoms with Crippen molar-refractivity contribution in [1.29, 1.82) is 0 Å². The number of hydrogen-bond donors (Lipinski definition) is 1. The second-order valence-electron chi connectivity index (χ2n) is 7.28. The largest absolute Gasteiger partial charge is 0.357 e. The molecule has 0 aromatic carbocycles. The number of nitrogens with zero attached hydrogens (tertiary/aromatic N) is 3. The van der Waals surface area contributed by atoms with Gasteiger partial charge in [0, 0.05) is 39.1 Å². The third-order valence-corrected chi connectivity index (χ3v) is 5.69. The molecule has 2 aliphatic rings. The average molecular weight is 337 g/mol. The summed E-state index contributed by atoms with van der Waals surface area (Å²) in [7, 11) is 0. The molecule has 0 unspecified atom stereocenters. The highest BCUT2D eigenvalue weighted by Gasteiger charge is 2.39. The molecule has 24 heavy (non-hydrogen) atoms. The molecule has 1 spiro atoms. The van der Waals surface area contributed by atoms with Crippen LogP contribution >= 0.6 is 0 Å². The van der Waals surface area contributed by atoms with Gasteiger partial charge in [0.25, 0.3) is 0 Å². The standard InChI is InChI=1S/C19H36N4O/c1-4-20-18(21-14-10-17(24)22(5-2)6-3)23-15-13-19(16-23)11-8-7-9-12-19/h4-16H2,1-3H3,(H,20,21). The zero-order chi connectivity index (χ0) is 17.4. The first-order valence-electron chi connectivity index (χ1n) is 9.95. The van der Waals surface area contributed by atoms with Crippen molar-refractivity contribution in [3.63, 3.8) is 0 Å². The molecular formula is C19H36N4O. The number of hydrogen-bond acceptors (Lipinski definition) is 2. The lowest BCUT2D eigenvalue weighted by molar-refractivity contribution is -0.130. The zero-order valence-electron chi connectivity index (χ0n) is 15.9. The molecule has 2 rings (SSSR count). The fourth-order valence-corrected chi connectivity index (χ4v) is 4.24. The second kappa shape index (κ2) is 9.28. The van der Waals surface area contributed by atoms with E-state index in [0.717, 1.165) is 38.7 Å². The van der Waals surface area contributed by atoms with E-state index < -0.39 is 0 Å². The third-order valence-electron chi connectivity index (χ3n) is 5.69. The fraction of sp³-hybridized carbons (Fsp3) is 0.895. The molecule has 0 aromatic heterocycles. The molecule has 5 heteroatoms. The number of rotatable bonds is 6. The second-order valence-corrected chi connectivity index (χ2v) is 7.28. The number of likely N-dealkylation sites (tertiary alicyclic amines) is 1. The highest BCUT2D eigenvalue weighted by molar-refractivity contribution is 5.81. The number of amides is 1. The van der Waals surface area contributed by atoms with Crippen LogP contribution in [0, 0.1) is 5.41 Å². The molecular weight excluding hydrogens is 300 g/mol. The van der Waals surface area contributed by atoms with Gasteiger partial charge in [0.05, 0.1) is 6.54 Å². The monoisotopic (exact) mass is 336 g/mol. The normalized spacial score (nSPS) is 20.5. The van der Waals surface area contributed by atoms with E-state index in [0.29, 0.717) is 18.4 Å². The minimum absolute atomic E-state index is 0.213. The van der Waals surface area contributed by atoms with Gasteiger partial charge in [-0.2, -0.15) is 0 Å². The number of carbonyl (C=O) groups excluding carboxylic acids is 1. The lowest BCUT2D eigenvalue weighted by atomic mass is 9.73. The Balaban J connectivity index is 1.90. The van der Waals surface area contributed by atoms with Gasteiger partial charge < -0.3 is 15.1 Å². The van der Waals surface area contributed by atoms with E-state index in [9.17, 15) is 4.79 Å². The average Bonchev–Trinajstić information content (AvgIpc) is 2.99. The lowest BCUT2D eigenvalue weighted by Gasteiger charge is -2.33. The molecule has 2 fully saturated rings. The predicted octanol–water partition coefficient (Wildman–Crippen LogP) is 2.87. The summed E-state index contributed by atoms with van der Waals surface area (Å²) in [5.41, 5.74) is 0.533. The molecule has 0 radical (unpaired) electrons. The van der Waals surface area contributed by atoms with Crippen LogP contribution < -0.4 is 5.32 Å². The van der Waals surface area contributed by atoms with Gasteiger partial charge in [0.1, 0.15) is 0 Å². The van der Waals surface area contributed by atoms with E-state index in [1.54, 1.807) is 0 Å². The summed E-state index contributed by atoms with van der Waals surface area (Å²) in [5.74, 6) is 1.22. The van der Waals surface area contributed by atoms with Gasteiger partial charge in [-0.1, -0.05) is 19.3 Å². The number of carbonyl (C=O) groups is 1. The van der Waals surface area contributed by atoms with E-state index >= 15 is 0 Å². The molecule has 1 saturated heterocycles. The molecule has 1 heterocycles. The molecule has 1 N–H and O–H groups in total. The van der Waals surface area contributed by atoms with Crippen molar-refractivity contribution < 1.29 is 4.79 Å². The Labute approximate surface area is 147 Å². The van der Waals surface area contributed by atoms with Gasteiger partial charge in [0.15, 0.2) is 5.96 Å². The molecule has 5 nitrogen and oxygen atoms in total. The first kappa shape index (κ1) is 19.1. The maximum Gasteiger partial charge on any atom is 0.224 e. The quantitative estimate of drug-likeness (QED) is 0.599. The van der Waals surface area contributed by atoms with Crippen LogP contribution in [0.1, 0.15) is 65.7 Å². The molecule has 1 saturated carbocycles. The number of guanidine groups is 1. The first-order chi connectivity index (χ1) is 11.6. The van der Waals surface area contributed by atoms with Gasteiger partial charge in [-0.05, 0) is 45.4 Å². The van der Waals surface area contributed by atoms with Crippen LogP contribution in [0.5, 0.6) is 0 Å². The van der Waals surface area contributed by atoms with Crippen LogP contribution in [0.15, 0.2) is 4.99 Å². The van der Waals surface area contributed by atoms with E-state index in [2.05, 4.69) is 17.1 Å². The molecule has 0 atom stereocenters. The van der Waals surface area contributed by atoms with Crippen molar-refractivity contribution in [3.8, 4) is 0 Å². The zero-order valence-corrected chi connectivity index (χ0v) is 15.9. The third kappa shape index (κ3) is 4.87. The Kier molecular flexibility index (Phi) is 7.38. The van der Waals surface area contributed by atoms with Crippen LogP contribution in [-0.4, -0.2) is 60.9 Å². The molecule has 1 aliphatic heterocycles. The number of aliphatic imine (C=N–C) groups is 1. The maximum atomic E-state index is 12.1. The van der Waals surface area contributed by atoms with E-state index in [4.69, 9.17) is 4.99 Å². The Morgan fingerprint density at radius 2 is 1.83 bits per heavy atom. The van der Waals surface area contributed by atoms with Crippen LogP contribution in [0.3, 0.4) is 0 Å². The van der Waals surface area contributed by atoms with E-state index in [1.807, 2.05) is 18.7 Å². The van der Waals surface area contributed by atoms with Gasteiger partial charge in [0.2, 0.25) is 5.91 Å². The minimum Gasteiger partial charge on any atom is -0.357 e. The minimum atomic E-state index is 0.213. The highest BCUT2D eigenvalue weighted by atomic mass is 16.2. The predicted molar refractivity (Wildman–Crippen MR) is 100 cm³/mol. The Bertz CT molecular complexity index is 425. The lowest BCUT2D eigenvalue weighted by Crippen LogP contribution is -2.42. The summed E-state index contributed by atoms with van der Waals surface area (Å²) in [4.78, 5) is 21.2. The fourth-order valence-electron chi connectivity index (χ4n) is 4.24. The van der Waals surface area contributed by atoms with Gasteiger partial charge in [-0.25, -0.2) is 0 Å². The van der Waals surface area contributed by atoms with Crippen molar-refractivity contribution >= 4 is 11.9 Å². The molecule has 1 amide bonds. The van der Waals surface area contributed by atoms with Crippen molar-refractivity contribution in [2.75, 3.05) is 39.3 Å². The molecule has 0 aromatic rings. The van der Waals surface area contributed by atoms with Crippen LogP contribution in [0.25, 0.3) is 0 Å². The van der Waals surface area contributed by atoms with Crippen molar-refractivity contribution in [3.05, 3.63) is 0 Å². The molecule has 138 valence electrons. The van der Waals surface area contributed by atoms with Gasteiger partial charge >= 0.3 is 0 Å². The van der Waals surface area contributed by atoms with Gasteiger partial charge in [-0.15, -0.1) is 0 Å². The highest BCUT2D eigenvalue weighted by Crippen LogP contribution is 2.43. The molecule has 1 aliphatic carbocycles. The summed E-state index contributed by atoms with van der Waals surface area (Å²) < 4.78 is 0. The van der Waals surface area contributed by atoms with Crippen molar-refractivity contribution in [2.45, 2.75) is 65.7 Å². The maximum absolute atomic E-state index is 12.1. The SMILES string of the molecule is CCNC(=NCCC(=O)N(CC)CC)N1CCC2(CCCCC2)C1. The number of nitrogens with one attached hydrogen (secondary N) is 1. The van der Waals surface area contributed by atoms with Gasteiger partial charge in [-0.3, -0.25) is 9.79 Å².